The molecule has 0 unspecified atom stereocenters. The van der Waals surface area contributed by atoms with Gasteiger partial charge < -0.3 is 20.5 Å². The number of carboxylic acid groups (broad SMARTS) is 1. The Kier molecular flexibility index (Phi) is 6.42. The fourth-order valence-electron chi connectivity index (χ4n) is 2.02. The highest BCUT2D eigenvalue weighted by molar-refractivity contribution is 14.1. The van der Waals surface area contributed by atoms with Crippen LogP contribution in [0.4, 0.5) is 11.4 Å². The summed E-state index contributed by atoms with van der Waals surface area (Å²) in [6.45, 7) is 0.0849. The number of nitrogens with one attached hydrogen (secondary N) is 2. The number of benzene rings is 2. The molecule has 0 saturated carbocycles. The Hall–Kier alpha value is -2.29. The molecular formula is C17H17IN2O4. The summed E-state index contributed by atoms with van der Waals surface area (Å²) in [7, 11) is 1.60. The predicted octanol–water partition coefficient (Wildman–Crippen LogP) is 3.25. The summed E-state index contributed by atoms with van der Waals surface area (Å²) in [5.74, 6) is -0.518. The van der Waals surface area contributed by atoms with Crippen LogP contribution in [-0.2, 0) is 4.79 Å². The highest BCUT2D eigenvalue weighted by Gasteiger charge is 2.12. The van der Waals surface area contributed by atoms with Crippen molar-refractivity contribution in [3.63, 3.8) is 0 Å². The number of ether oxygens (including phenoxy) is 1. The first-order chi connectivity index (χ1) is 11.5. The molecule has 2 aromatic rings. The first-order valence-electron chi connectivity index (χ1n) is 7.20. The van der Waals surface area contributed by atoms with Crippen LogP contribution >= 0.6 is 22.6 Å². The molecule has 24 heavy (non-hydrogen) atoms. The molecule has 0 spiro atoms. The maximum absolute atomic E-state index is 12.3. The Bertz CT molecular complexity index is 732. The molecule has 0 aliphatic rings. The third-order valence-corrected chi connectivity index (χ3v) is 3.89. The van der Waals surface area contributed by atoms with E-state index >= 15 is 0 Å². The number of carboxylic acids is 1. The molecule has 0 aromatic heterocycles. The number of hydrogen-bond donors (Lipinski definition) is 3. The van der Waals surface area contributed by atoms with Crippen LogP contribution in [0.25, 0.3) is 0 Å². The van der Waals surface area contributed by atoms with Crippen molar-refractivity contribution in [2.75, 3.05) is 19.0 Å². The fourth-order valence-corrected chi connectivity index (χ4v) is 2.51. The van der Waals surface area contributed by atoms with Gasteiger partial charge in [0.1, 0.15) is 5.75 Å². The van der Waals surface area contributed by atoms with Crippen molar-refractivity contribution in [3.8, 4) is 5.75 Å². The van der Waals surface area contributed by atoms with Gasteiger partial charge in [-0.05, 0) is 65.1 Å². The van der Waals surface area contributed by atoms with Crippen molar-refractivity contribution >= 4 is 45.8 Å². The van der Waals surface area contributed by atoms with E-state index in [0.717, 1.165) is 15.0 Å². The van der Waals surface area contributed by atoms with Crippen LogP contribution in [0.15, 0.2) is 42.5 Å². The second kappa shape index (κ2) is 8.53. The van der Waals surface area contributed by atoms with Crippen molar-refractivity contribution in [2.45, 2.75) is 6.42 Å². The highest BCUT2D eigenvalue weighted by Crippen LogP contribution is 2.24. The van der Waals surface area contributed by atoms with Crippen molar-refractivity contribution in [3.05, 3.63) is 51.6 Å². The van der Waals surface area contributed by atoms with E-state index in [1.54, 1.807) is 13.2 Å². The Morgan fingerprint density at radius 2 is 1.88 bits per heavy atom. The zero-order valence-corrected chi connectivity index (χ0v) is 15.2. The topological polar surface area (TPSA) is 87.7 Å². The van der Waals surface area contributed by atoms with Crippen molar-refractivity contribution in [1.29, 1.82) is 0 Å². The van der Waals surface area contributed by atoms with Crippen LogP contribution < -0.4 is 15.4 Å². The zero-order chi connectivity index (χ0) is 17.5. The van der Waals surface area contributed by atoms with Gasteiger partial charge in [0.2, 0.25) is 0 Å². The molecule has 126 valence electrons. The number of hydrogen-bond acceptors (Lipinski definition) is 4. The van der Waals surface area contributed by atoms with E-state index in [1.165, 1.54) is 0 Å². The number of halogens is 1. The van der Waals surface area contributed by atoms with E-state index in [1.807, 2.05) is 36.4 Å². The summed E-state index contributed by atoms with van der Waals surface area (Å²) in [6.07, 6.45) is -0.114. The van der Waals surface area contributed by atoms with Gasteiger partial charge in [-0.15, -0.1) is 0 Å². The second-order valence-electron chi connectivity index (χ2n) is 4.94. The Balaban J connectivity index is 2.16. The number of amides is 1. The highest BCUT2D eigenvalue weighted by atomic mass is 127. The van der Waals surface area contributed by atoms with Gasteiger partial charge in [0, 0.05) is 15.8 Å². The molecule has 0 radical (unpaired) electrons. The van der Waals surface area contributed by atoms with Crippen molar-refractivity contribution in [1.82, 2.24) is 5.32 Å². The molecule has 0 fully saturated rings. The van der Waals surface area contributed by atoms with Crippen LogP contribution in [0.5, 0.6) is 5.75 Å². The van der Waals surface area contributed by atoms with E-state index in [4.69, 9.17) is 9.84 Å². The van der Waals surface area contributed by atoms with Crippen molar-refractivity contribution in [2.24, 2.45) is 0 Å². The first-order valence-corrected chi connectivity index (χ1v) is 8.28. The van der Waals surface area contributed by atoms with Gasteiger partial charge >= 0.3 is 5.97 Å². The van der Waals surface area contributed by atoms with Crippen molar-refractivity contribution < 1.29 is 19.4 Å². The smallest absolute Gasteiger partial charge is 0.305 e. The van der Waals surface area contributed by atoms with Crippen LogP contribution in [0.2, 0.25) is 0 Å². The number of methoxy groups -OCH3 is 1. The molecule has 0 saturated heterocycles. The number of anilines is 2. The van der Waals surface area contributed by atoms with E-state index < -0.39 is 5.97 Å². The average Bonchev–Trinajstić information content (AvgIpc) is 2.56. The van der Waals surface area contributed by atoms with Gasteiger partial charge in [0.05, 0.1) is 24.8 Å². The van der Waals surface area contributed by atoms with Gasteiger partial charge in [0.25, 0.3) is 5.91 Å². The lowest BCUT2D eigenvalue weighted by Crippen LogP contribution is -2.26. The summed E-state index contributed by atoms with van der Waals surface area (Å²) < 4.78 is 6.03. The molecule has 0 aliphatic heterocycles. The number of carbonyl (C=O) groups is 2. The molecule has 1 amide bonds. The number of rotatable bonds is 7. The second-order valence-corrected chi connectivity index (χ2v) is 6.19. The normalized spacial score (nSPS) is 10.1. The molecule has 2 rings (SSSR count). The van der Waals surface area contributed by atoms with Gasteiger partial charge in [-0.2, -0.15) is 0 Å². The summed E-state index contributed by atoms with van der Waals surface area (Å²) in [5.41, 5.74) is 1.92. The monoisotopic (exact) mass is 440 g/mol. The van der Waals surface area contributed by atoms with Crippen LogP contribution in [-0.4, -0.2) is 30.6 Å². The lowest BCUT2D eigenvalue weighted by atomic mass is 10.1. The van der Waals surface area contributed by atoms with E-state index in [2.05, 4.69) is 33.2 Å². The van der Waals surface area contributed by atoms with Crippen LogP contribution in [0.1, 0.15) is 16.8 Å². The maximum atomic E-state index is 12.3. The molecule has 6 nitrogen and oxygen atoms in total. The first kappa shape index (κ1) is 18.1. The molecule has 0 atom stereocenters. The Labute approximate surface area is 153 Å². The molecule has 0 bridgehead atoms. The minimum Gasteiger partial charge on any atom is -0.497 e. The molecule has 7 heteroatoms. The molecule has 0 heterocycles. The average molecular weight is 440 g/mol. The molecule has 0 aliphatic carbocycles. The number of carbonyl (C=O) groups excluding carboxylic acids is 1. The molecular weight excluding hydrogens is 423 g/mol. The van der Waals surface area contributed by atoms with Gasteiger partial charge in [-0.1, -0.05) is 0 Å². The fraction of sp³-hybridized carbons (Fsp3) is 0.176. The molecule has 3 N–H and O–H groups in total. The van der Waals surface area contributed by atoms with Crippen LogP contribution in [0.3, 0.4) is 0 Å². The third-order valence-electron chi connectivity index (χ3n) is 3.22. The number of aliphatic carboxylic acids is 1. The minimum atomic E-state index is -0.950. The van der Waals surface area contributed by atoms with E-state index in [-0.39, 0.29) is 18.9 Å². The van der Waals surface area contributed by atoms with Gasteiger partial charge in [0.15, 0.2) is 0 Å². The van der Waals surface area contributed by atoms with Gasteiger partial charge in [-0.25, -0.2) is 0 Å². The Morgan fingerprint density at radius 1 is 1.17 bits per heavy atom. The quantitative estimate of drug-likeness (QED) is 0.576. The van der Waals surface area contributed by atoms with E-state index in [0.29, 0.717) is 11.3 Å². The Morgan fingerprint density at radius 3 is 2.50 bits per heavy atom. The van der Waals surface area contributed by atoms with E-state index in [9.17, 15) is 9.59 Å². The summed E-state index contributed by atoms with van der Waals surface area (Å²) >= 11 is 2.13. The third kappa shape index (κ3) is 5.12. The zero-order valence-electron chi connectivity index (χ0n) is 13.0. The summed E-state index contributed by atoms with van der Waals surface area (Å²) in [4.78, 5) is 22.9. The summed E-state index contributed by atoms with van der Waals surface area (Å²) in [6, 6.07) is 12.8. The SMILES string of the molecule is COc1ccc(Nc2ccc(I)cc2C(=O)NCCC(=O)O)cc1. The standard InChI is InChI=1S/C17H17IN2O4/c1-24-13-5-3-12(4-6-13)20-15-7-2-11(18)10-14(15)17(23)19-9-8-16(21)22/h2-7,10,20H,8-9H2,1H3,(H,19,23)(H,21,22). The lowest BCUT2D eigenvalue weighted by molar-refractivity contribution is -0.136. The summed E-state index contributed by atoms with van der Waals surface area (Å²) in [5, 5.41) is 14.5. The predicted molar refractivity (Wildman–Crippen MR) is 100 cm³/mol. The lowest BCUT2D eigenvalue weighted by Gasteiger charge is -2.13. The van der Waals surface area contributed by atoms with Crippen LogP contribution in [0, 0.1) is 3.57 Å². The maximum Gasteiger partial charge on any atom is 0.305 e. The molecule has 2 aromatic carbocycles. The minimum absolute atomic E-state index is 0.0849. The van der Waals surface area contributed by atoms with Gasteiger partial charge in [-0.3, -0.25) is 9.59 Å². The largest absolute Gasteiger partial charge is 0.497 e.